The Kier molecular flexibility index (Phi) is 3.88. The summed E-state index contributed by atoms with van der Waals surface area (Å²) in [5, 5.41) is 3.14. The van der Waals surface area contributed by atoms with E-state index in [0.29, 0.717) is 11.6 Å². The van der Waals surface area contributed by atoms with Crippen molar-refractivity contribution in [2.45, 2.75) is 6.92 Å². The quantitative estimate of drug-likeness (QED) is 0.851. The van der Waals surface area contributed by atoms with Crippen LogP contribution in [0.4, 0.5) is 11.6 Å². The lowest BCUT2D eigenvalue weighted by Crippen LogP contribution is -2.12. The summed E-state index contributed by atoms with van der Waals surface area (Å²) in [4.78, 5) is 8.62. The molecule has 3 N–H and O–H groups in total. The van der Waals surface area contributed by atoms with Crippen LogP contribution >= 0.6 is 28.1 Å². The predicted octanol–water partition coefficient (Wildman–Crippen LogP) is 2.93. The summed E-state index contributed by atoms with van der Waals surface area (Å²) in [5.41, 5.74) is 8.12. The zero-order valence-corrected chi connectivity index (χ0v) is 12.0. The number of aryl methyl sites for hydroxylation is 1. The highest BCUT2D eigenvalue weighted by atomic mass is 79.9. The third-order valence-corrected chi connectivity index (χ3v) is 3.05. The third-order valence-electron chi connectivity index (χ3n) is 2.34. The first-order valence-electron chi connectivity index (χ1n) is 5.22. The number of aromatic nitrogens is 2. The zero-order chi connectivity index (χ0) is 13.1. The van der Waals surface area contributed by atoms with E-state index in [-0.39, 0.29) is 4.99 Å². The van der Waals surface area contributed by atoms with Crippen molar-refractivity contribution in [2.24, 2.45) is 5.73 Å². The average Bonchev–Trinajstić information content (AvgIpc) is 2.33. The number of hydrogen-bond acceptors (Lipinski definition) is 4. The van der Waals surface area contributed by atoms with E-state index in [9.17, 15) is 0 Å². The molecular weight excluding hydrogens is 312 g/mol. The van der Waals surface area contributed by atoms with E-state index >= 15 is 0 Å². The van der Waals surface area contributed by atoms with Gasteiger partial charge >= 0.3 is 0 Å². The predicted molar refractivity (Wildman–Crippen MR) is 80.1 cm³/mol. The van der Waals surface area contributed by atoms with Gasteiger partial charge < -0.3 is 11.1 Å². The molecule has 2 aromatic rings. The summed E-state index contributed by atoms with van der Waals surface area (Å²) < 4.78 is 1.03. The fourth-order valence-corrected chi connectivity index (χ4v) is 2.03. The number of hydrogen-bond donors (Lipinski definition) is 2. The van der Waals surface area contributed by atoms with Gasteiger partial charge in [0.2, 0.25) is 5.95 Å². The molecule has 0 saturated carbocycles. The SMILES string of the molecule is Cc1cc(Br)ccc1Nc1nccc(C(N)=S)n1. The van der Waals surface area contributed by atoms with Crippen LogP contribution in [-0.4, -0.2) is 15.0 Å². The van der Waals surface area contributed by atoms with E-state index in [0.717, 1.165) is 15.7 Å². The largest absolute Gasteiger partial charge is 0.388 e. The van der Waals surface area contributed by atoms with Crippen molar-refractivity contribution in [1.82, 2.24) is 9.97 Å². The van der Waals surface area contributed by atoms with Crippen LogP contribution in [0, 0.1) is 6.92 Å². The summed E-state index contributed by atoms with van der Waals surface area (Å²) in [5.74, 6) is 0.478. The number of nitrogens with two attached hydrogens (primary N) is 1. The van der Waals surface area contributed by atoms with E-state index in [2.05, 4.69) is 31.2 Å². The molecule has 18 heavy (non-hydrogen) atoms. The monoisotopic (exact) mass is 322 g/mol. The number of thiocarbonyl (C=S) groups is 1. The van der Waals surface area contributed by atoms with Crippen LogP contribution in [0.5, 0.6) is 0 Å². The Morgan fingerprint density at radius 2 is 2.17 bits per heavy atom. The van der Waals surface area contributed by atoms with Gasteiger partial charge in [-0.3, -0.25) is 0 Å². The lowest BCUT2D eigenvalue weighted by molar-refractivity contribution is 1.15. The first-order valence-corrected chi connectivity index (χ1v) is 6.42. The van der Waals surface area contributed by atoms with Crippen LogP contribution in [0.15, 0.2) is 34.9 Å². The van der Waals surface area contributed by atoms with Crippen LogP contribution in [-0.2, 0) is 0 Å². The minimum atomic E-state index is 0.257. The van der Waals surface area contributed by atoms with E-state index in [1.165, 1.54) is 0 Å². The molecule has 0 aliphatic heterocycles. The molecule has 0 unspecified atom stereocenters. The normalized spacial score (nSPS) is 10.1. The van der Waals surface area contributed by atoms with Crippen LogP contribution in [0.1, 0.15) is 11.3 Å². The van der Waals surface area contributed by atoms with Crippen LogP contribution in [0.3, 0.4) is 0 Å². The molecule has 0 atom stereocenters. The van der Waals surface area contributed by atoms with Crippen LogP contribution in [0.25, 0.3) is 0 Å². The lowest BCUT2D eigenvalue weighted by atomic mass is 10.2. The Balaban J connectivity index is 2.28. The van der Waals surface area contributed by atoms with Gasteiger partial charge in [0.25, 0.3) is 0 Å². The highest BCUT2D eigenvalue weighted by molar-refractivity contribution is 9.10. The summed E-state index contributed by atoms with van der Waals surface area (Å²) >= 11 is 8.30. The van der Waals surface area contributed by atoms with Gasteiger partial charge in [-0.2, -0.15) is 0 Å². The van der Waals surface area contributed by atoms with Gasteiger partial charge in [-0.05, 0) is 36.8 Å². The molecule has 0 radical (unpaired) electrons. The molecule has 4 nitrogen and oxygen atoms in total. The number of nitrogens with zero attached hydrogens (tertiary/aromatic N) is 2. The first kappa shape index (κ1) is 12.9. The van der Waals surface area contributed by atoms with Crippen molar-refractivity contribution in [3.8, 4) is 0 Å². The number of halogens is 1. The molecule has 0 aliphatic carbocycles. The molecule has 0 saturated heterocycles. The van der Waals surface area contributed by atoms with Gasteiger partial charge in [0.05, 0.1) is 0 Å². The molecule has 0 amide bonds. The Hall–Kier alpha value is -1.53. The van der Waals surface area contributed by atoms with Gasteiger partial charge in [0, 0.05) is 16.4 Å². The highest BCUT2D eigenvalue weighted by Gasteiger charge is 2.04. The third kappa shape index (κ3) is 3.02. The van der Waals surface area contributed by atoms with E-state index in [1.807, 2.05) is 25.1 Å². The standard InChI is InChI=1S/C12H11BrN4S/c1-7-6-8(13)2-3-9(7)16-12-15-5-4-10(17-12)11(14)18/h2-6H,1H3,(H2,14,18)(H,15,16,17). The van der Waals surface area contributed by atoms with Crippen molar-refractivity contribution in [3.63, 3.8) is 0 Å². The molecule has 1 aromatic carbocycles. The number of anilines is 2. The van der Waals surface area contributed by atoms with Crippen molar-refractivity contribution in [2.75, 3.05) is 5.32 Å². The van der Waals surface area contributed by atoms with Crippen LogP contribution in [0.2, 0.25) is 0 Å². The average molecular weight is 323 g/mol. The van der Waals surface area contributed by atoms with Gasteiger partial charge in [-0.15, -0.1) is 0 Å². The molecule has 0 fully saturated rings. The molecule has 2 rings (SSSR count). The highest BCUT2D eigenvalue weighted by Crippen LogP contribution is 2.22. The summed E-state index contributed by atoms with van der Waals surface area (Å²) in [6.07, 6.45) is 1.62. The lowest BCUT2D eigenvalue weighted by Gasteiger charge is -2.09. The zero-order valence-electron chi connectivity index (χ0n) is 9.64. The summed E-state index contributed by atoms with van der Waals surface area (Å²) in [6, 6.07) is 7.60. The second-order valence-electron chi connectivity index (χ2n) is 3.71. The molecule has 0 aliphatic rings. The van der Waals surface area contributed by atoms with Crippen molar-refractivity contribution in [3.05, 3.63) is 46.2 Å². The maximum Gasteiger partial charge on any atom is 0.227 e. The fraction of sp³-hybridized carbons (Fsp3) is 0.0833. The molecular formula is C12H11BrN4S. The van der Waals surface area contributed by atoms with Crippen molar-refractivity contribution in [1.29, 1.82) is 0 Å². The Labute approximate surface area is 119 Å². The van der Waals surface area contributed by atoms with E-state index in [4.69, 9.17) is 18.0 Å². The maximum atomic E-state index is 5.53. The molecule has 1 heterocycles. The second-order valence-corrected chi connectivity index (χ2v) is 5.07. The Bertz CT molecular complexity index is 600. The van der Waals surface area contributed by atoms with Gasteiger partial charge in [-0.1, -0.05) is 28.1 Å². The minimum Gasteiger partial charge on any atom is -0.388 e. The fourth-order valence-electron chi connectivity index (χ4n) is 1.44. The van der Waals surface area contributed by atoms with Crippen LogP contribution < -0.4 is 11.1 Å². The molecule has 0 spiro atoms. The molecule has 1 aromatic heterocycles. The van der Waals surface area contributed by atoms with Gasteiger partial charge in [0.15, 0.2) is 0 Å². The molecule has 0 bridgehead atoms. The Morgan fingerprint density at radius 3 is 2.83 bits per heavy atom. The number of nitrogens with one attached hydrogen (secondary N) is 1. The maximum absolute atomic E-state index is 5.53. The molecule has 92 valence electrons. The summed E-state index contributed by atoms with van der Waals surface area (Å²) in [7, 11) is 0. The van der Waals surface area contributed by atoms with E-state index in [1.54, 1.807) is 12.3 Å². The van der Waals surface area contributed by atoms with E-state index < -0.39 is 0 Å². The smallest absolute Gasteiger partial charge is 0.227 e. The van der Waals surface area contributed by atoms with Crippen molar-refractivity contribution < 1.29 is 0 Å². The minimum absolute atomic E-state index is 0.257. The molecule has 6 heteroatoms. The van der Waals surface area contributed by atoms with Gasteiger partial charge in [-0.25, -0.2) is 9.97 Å². The van der Waals surface area contributed by atoms with Gasteiger partial charge in [0.1, 0.15) is 10.7 Å². The number of rotatable bonds is 3. The Morgan fingerprint density at radius 1 is 1.39 bits per heavy atom. The topological polar surface area (TPSA) is 63.8 Å². The second kappa shape index (κ2) is 5.41. The first-order chi connectivity index (χ1) is 8.56. The van der Waals surface area contributed by atoms with Crippen molar-refractivity contribution >= 4 is 44.8 Å². The number of benzene rings is 1. The summed E-state index contributed by atoms with van der Waals surface area (Å²) in [6.45, 7) is 2.00.